The Morgan fingerprint density at radius 3 is 2.37 bits per heavy atom. The zero-order valence-corrected chi connectivity index (χ0v) is 11.5. The van der Waals surface area contributed by atoms with Crippen molar-refractivity contribution in [1.82, 2.24) is 0 Å². The van der Waals surface area contributed by atoms with Crippen molar-refractivity contribution in [2.24, 2.45) is 5.11 Å². The van der Waals surface area contributed by atoms with Gasteiger partial charge in [-0.05, 0) is 43.0 Å². The lowest BCUT2D eigenvalue weighted by molar-refractivity contribution is 0.437. The normalized spacial score (nSPS) is 10.9. The molecule has 0 radical (unpaired) electrons. The number of nitrogen functional groups attached to an aromatic ring is 1. The van der Waals surface area contributed by atoms with Gasteiger partial charge < -0.3 is 9.92 Å². The van der Waals surface area contributed by atoms with E-state index in [2.05, 4.69) is 14.2 Å². The maximum atomic E-state index is 12.7. The molecule has 9 heteroatoms. The van der Waals surface area contributed by atoms with Crippen molar-refractivity contribution in [2.45, 2.75) is 27.3 Å². The Morgan fingerprint density at radius 1 is 1.32 bits per heavy atom. The van der Waals surface area contributed by atoms with Crippen LogP contribution < -0.4 is 9.92 Å². The highest BCUT2D eigenvalue weighted by Crippen LogP contribution is 2.36. The van der Waals surface area contributed by atoms with Crippen molar-refractivity contribution in [1.29, 1.82) is 0 Å². The maximum Gasteiger partial charge on any atom is 0.488 e. The molecular weight excluding hydrogens is 275 g/mol. The van der Waals surface area contributed by atoms with Crippen LogP contribution in [0.1, 0.15) is 22.3 Å². The van der Waals surface area contributed by atoms with Gasteiger partial charge in [-0.2, -0.15) is 8.42 Å². The second-order valence-electron chi connectivity index (χ2n) is 3.96. The van der Waals surface area contributed by atoms with E-state index in [9.17, 15) is 12.3 Å². The van der Waals surface area contributed by atoms with Crippen molar-refractivity contribution in [2.75, 3.05) is 5.73 Å². The molecule has 0 atom stereocenters. The van der Waals surface area contributed by atoms with Crippen molar-refractivity contribution in [3.63, 3.8) is 0 Å². The standard InChI is InChI=1S/C10H13FN4O3S/c1-5-8(4-14-15-13)6(2)10(7(3)9(5)12)18-19(11,16)17/h4,12H2,1-3H3. The zero-order valence-electron chi connectivity index (χ0n) is 10.6. The highest BCUT2D eigenvalue weighted by molar-refractivity contribution is 7.81. The molecule has 0 amide bonds. The van der Waals surface area contributed by atoms with Crippen molar-refractivity contribution < 1.29 is 16.5 Å². The van der Waals surface area contributed by atoms with Crippen LogP contribution in [0, 0.1) is 20.8 Å². The van der Waals surface area contributed by atoms with Gasteiger partial charge in [0.15, 0.2) is 5.75 Å². The molecule has 0 aliphatic carbocycles. The largest absolute Gasteiger partial charge is 0.488 e. The van der Waals surface area contributed by atoms with Gasteiger partial charge in [-0.25, -0.2) is 0 Å². The van der Waals surface area contributed by atoms with E-state index in [-0.39, 0.29) is 18.0 Å². The Kier molecular flexibility index (Phi) is 4.23. The molecule has 0 bridgehead atoms. The Morgan fingerprint density at radius 2 is 1.89 bits per heavy atom. The summed E-state index contributed by atoms with van der Waals surface area (Å²) in [6.07, 6.45) is 0. The molecule has 0 spiro atoms. The minimum absolute atomic E-state index is 0.0264. The monoisotopic (exact) mass is 288 g/mol. The predicted molar refractivity (Wildman–Crippen MR) is 68.6 cm³/mol. The van der Waals surface area contributed by atoms with E-state index in [4.69, 9.17) is 11.3 Å². The fraction of sp³-hybridized carbons (Fsp3) is 0.400. The molecule has 0 aliphatic rings. The average molecular weight is 288 g/mol. The van der Waals surface area contributed by atoms with E-state index < -0.39 is 10.5 Å². The molecule has 0 saturated heterocycles. The minimum Gasteiger partial charge on any atom is -0.398 e. The van der Waals surface area contributed by atoms with E-state index >= 15 is 0 Å². The molecule has 0 aliphatic heterocycles. The maximum absolute atomic E-state index is 12.7. The molecule has 0 fully saturated rings. The molecule has 19 heavy (non-hydrogen) atoms. The van der Waals surface area contributed by atoms with Crippen LogP contribution in [-0.2, 0) is 17.0 Å². The number of hydrogen-bond acceptors (Lipinski definition) is 5. The van der Waals surface area contributed by atoms with Gasteiger partial charge in [0.2, 0.25) is 0 Å². The number of azide groups is 1. The first-order valence-electron chi connectivity index (χ1n) is 5.22. The number of benzene rings is 1. The Balaban J connectivity index is 3.55. The molecule has 1 rings (SSSR count). The van der Waals surface area contributed by atoms with Gasteiger partial charge in [-0.15, -0.1) is 0 Å². The first-order chi connectivity index (χ1) is 8.69. The summed E-state index contributed by atoms with van der Waals surface area (Å²) in [5.41, 5.74) is 16.3. The van der Waals surface area contributed by atoms with E-state index in [1.165, 1.54) is 6.92 Å². The zero-order chi connectivity index (χ0) is 14.8. The summed E-state index contributed by atoms with van der Waals surface area (Å²) in [5, 5.41) is 3.40. The summed E-state index contributed by atoms with van der Waals surface area (Å²) in [5.74, 6) is -0.172. The number of anilines is 1. The predicted octanol–water partition coefficient (Wildman–Crippen LogP) is 2.60. The first kappa shape index (κ1) is 15.1. The Bertz CT molecular complexity index is 666. The van der Waals surface area contributed by atoms with Gasteiger partial charge >= 0.3 is 10.5 Å². The van der Waals surface area contributed by atoms with E-state index in [0.29, 0.717) is 22.3 Å². The number of nitrogens with two attached hydrogens (primary N) is 1. The van der Waals surface area contributed by atoms with E-state index in [1.807, 2.05) is 0 Å². The van der Waals surface area contributed by atoms with Crippen LogP contribution in [0.15, 0.2) is 5.11 Å². The van der Waals surface area contributed by atoms with Crippen LogP contribution in [-0.4, -0.2) is 8.42 Å². The number of rotatable bonds is 4. The van der Waals surface area contributed by atoms with Gasteiger partial charge in [0.05, 0.1) is 6.54 Å². The SMILES string of the molecule is Cc1c(N)c(C)c(OS(=O)(=O)F)c(C)c1CN=[N+]=[N-]. The lowest BCUT2D eigenvalue weighted by Crippen LogP contribution is -2.09. The summed E-state index contributed by atoms with van der Waals surface area (Å²) in [6.45, 7) is 4.74. The highest BCUT2D eigenvalue weighted by Gasteiger charge is 2.20. The molecule has 0 aromatic heterocycles. The third-order valence-electron chi connectivity index (χ3n) is 2.87. The minimum atomic E-state index is -5.15. The quantitative estimate of drug-likeness (QED) is 0.301. The molecule has 104 valence electrons. The number of halogens is 1. The van der Waals surface area contributed by atoms with Gasteiger partial charge in [0, 0.05) is 16.2 Å². The fourth-order valence-corrected chi connectivity index (χ4v) is 2.28. The third-order valence-corrected chi connectivity index (χ3v) is 3.24. The number of hydrogen-bond donors (Lipinski definition) is 1. The Hall–Kier alpha value is -1.99. The smallest absolute Gasteiger partial charge is 0.398 e. The molecule has 0 saturated carbocycles. The summed E-state index contributed by atoms with van der Waals surface area (Å²) in [4.78, 5) is 2.62. The summed E-state index contributed by atoms with van der Waals surface area (Å²) in [6, 6.07) is 0. The molecular formula is C10H13FN4O3S. The second kappa shape index (κ2) is 5.33. The van der Waals surface area contributed by atoms with Crippen molar-refractivity contribution in [3.05, 3.63) is 32.7 Å². The lowest BCUT2D eigenvalue weighted by Gasteiger charge is -2.17. The fourth-order valence-electron chi connectivity index (χ4n) is 1.83. The highest BCUT2D eigenvalue weighted by atomic mass is 32.3. The summed E-state index contributed by atoms with van der Waals surface area (Å²) >= 11 is 0. The van der Waals surface area contributed by atoms with Crippen LogP contribution >= 0.6 is 0 Å². The van der Waals surface area contributed by atoms with Crippen molar-refractivity contribution >= 4 is 16.2 Å². The van der Waals surface area contributed by atoms with E-state index in [0.717, 1.165) is 0 Å². The summed E-state index contributed by atoms with van der Waals surface area (Å²) < 4.78 is 38.2. The van der Waals surface area contributed by atoms with Gasteiger partial charge in [-0.3, -0.25) is 0 Å². The van der Waals surface area contributed by atoms with Crippen LogP contribution in [0.3, 0.4) is 0 Å². The van der Waals surface area contributed by atoms with Crippen LogP contribution in [0.25, 0.3) is 10.4 Å². The second-order valence-corrected chi connectivity index (χ2v) is 4.91. The topological polar surface area (TPSA) is 118 Å². The average Bonchev–Trinajstić information content (AvgIpc) is 2.31. The summed E-state index contributed by atoms with van der Waals surface area (Å²) in [7, 11) is -5.15. The van der Waals surface area contributed by atoms with Gasteiger partial charge in [0.25, 0.3) is 0 Å². The van der Waals surface area contributed by atoms with Gasteiger partial charge in [-0.1, -0.05) is 9.00 Å². The first-order valence-corrected chi connectivity index (χ1v) is 6.53. The number of nitrogens with zero attached hydrogens (tertiary/aromatic N) is 3. The van der Waals surface area contributed by atoms with Crippen molar-refractivity contribution in [3.8, 4) is 5.75 Å². The Labute approximate surface area is 110 Å². The molecule has 1 aromatic rings. The molecule has 7 nitrogen and oxygen atoms in total. The lowest BCUT2D eigenvalue weighted by atomic mass is 9.96. The molecule has 0 heterocycles. The molecule has 0 unspecified atom stereocenters. The van der Waals surface area contributed by atoms with E-state index in [1.54, 1.807) is 13.8 Å². The van der Waals surface area contributed by atoms with Crippen LogP contribution in [0.5, 0.6) is 5.75 Å². The van der Waals surface area contributed by atoms with Crippen LogP contribution in [0.2, 0.25) is 0 Å². The molecule has 2 N–H and O–H groups in total. The van der Waals surface area contributed by atoms with Gasteiger partial charge in [0.1, 0.15) is 0 Å². The molecule has 1 aromatic carbocycles. The van der Waals surface area contributed by atoms with Crippen LogP contribution in [0.4, 0.5) is 9.57 Å². The third kappa shape index (κ3) is 3.27.